The van der Waals surface area contributed by atoms with Crippen molar-refractivity contribution in [2.24, 2.45) is 0 Å². The molecule has 0 heterocycles. The van der Waals surface area contributed by atoms with Crippen LogP contribution < -0.4 is 14.8 Å². The van der Waals surface area contributed by atoms with Crippen molar-refractivity contribution in [1.29, 1.82) is 0 Å². The zero-order chi connectivity index (χ0) is 23.6. The monoisotopic (exact) mass is 452 g/mol. The lowest BCUT2D eigenvalue weighted by Crippen LogP contribution is -2.52. The van der Waals surface area contributed by atoms with E-state index in [0.29, 0.717) is 18.7 Å². The molecule has 178 valence electrons. The van der Waals surface area contributed by atoms with Crippen LogP contribution in [-0.4, -0.2) is 42.5 Å². The number of ether oxygens (including phenoxy) is 2. The number of rotatable bonds is 10. The van der Waals surface area contributed by atoms with Crippen LogP contribution in [0.4, 0.5) is 0 Å². The Bertz CT molecular complexity index is 907. The molecule has 1 saturated carbocycles. The lowest BCUT2D eigenvalue weighted by Gasteiger charge is -2.32. The van der Waals surface area contributed by atoms with E-state index in [4.69, 9.17) is 9.47 Å². The average Bonchev–Trinajstić information content (AvgIpc) is 2.84. The molecule has 0 bridgehead atoms. The number of carbonyl (C=O) groups is 2. The van der Waals surface area contributed by atoms with Crippen molar-refractivity contribution >= 4 is 11.8 Å². The normalized spacial score (nSPS) is 14.9. The molecule has 0 radical (unpaired) electrons. The smallest absolute Gasteiger partial charge is 0.261 e. The van der Waals surface area contributed by atoms with E-state index in [-0.39, 0.29) is 24.5 Å². The predicted octanol–water partition coefficient (Wildman–Crippen LogP) is 4.64. The molecule has 1 atom stereocenters. The summed E-state index contributed by atoms with van der Waals surface area (Å²) in [7, 11) is 1.61. The number of nitrogens with one attached hydrogen (secondary N) is 1. The SMILES string of the molecule is CCC(C(=O)NC1CCCCC1)N(Cc1cccc(OC)c1)C(=O)COc1ccc(C)cc1. The molecule has 0 aromatic heterocycles. The van der Waals surface area contributed by atoms with Crippen LogP contribution in [0.5, 0.6) is 11.5 Å². The van der Waals surface area contributed by atoms with E-state index in [9.17, 15) is 9.59 Å². The van der Waals surface area contributed by atoms with Crippen LogP contribution in [0.1, 0.15) is 56.6 Å². The summed E-state index contributed by atoms with van der Waals surface area (Å²) in [5.41, 5.74) is 2.03. The number of amides is 2. The zero-order valence-electron chi connectivity index (χ0n) is 20.0. The van der Waals surface area contributed by atoms with Gasteiger partial charge in [-0.25, -0.2) is 0 Å². The molecule has 3 rings (SSSR count). The maximum Gasteiger partial charge on any atom is 0.261 e. The second-order valence-corrected chi connectivity index (χ2v) is 8.74. The van der Waals surface area contributed by atoms with E-state index in [0.717, 1.165) is 42.6 Å². The molecule has 0 aliphatic heterocycles. The summed E-state index contributed by atoms with van der Waals surface area (Å²) in [5.74, 6) is 1.05. The van der Waals surface area contributed by atoms with Gasteiger partial charge in [-0.3, -0.25) is 9.59 Å². The molecule has 0 spiro atoms. The van der Waals surface area contributed by atoms with Gasteiger partial charge in [0, 0.05) is 12.6 Å². The largest absolute Gasteiger partial charge is 0.497 e. The van der Waals surface area contributed by atoms with Crippen molar-refractivity contribution < 1.29 is 19.1 Å². The minimum absolute atomic E-state index is 0.0871. The van der Waals surface area contributed by atoms with Gasteiger partial charge in [-0.05, 0) is 56.0 Å². The quantitative estimate of drug-likeness (QED) is 0.570. The van der Waals surface area contributed by atoms with E-state index in [1.54, 1.807) is 12.0 Å². The Balaban J connectivity index is 1.76. The van der Waals surface area contributed by atoms with Crippen LogP contribution in [0.2, 0.25) is 0 Å². The van der Waals surface area contributed by atoms with Crippen molar-refractivity contribution in [3.8, 4) is 11.5 Å². The molecule has 1 unspecified atom stereocenters. The first kappa shape index (κ1) is 24.6. The lowest BCUT2D eigenvalue weighted by atomic mass is 9.95. The molecule has 2 amide bonds. The second kappa shape index (κ2) is 12.3. The summed E-state index contributed by atoms with van der Waals surface area (Å²) < 4.78 is 11.1. The molecule has 33 heavy (non-hydrogen) atoms. The number of hydrogen-bond acceptors (Lipinski definition) is 4. The van der Waals surface area contributed by atoms with Crippen LogP contribution in [0, 0.1) is 6.92 Å². The molecule has 2 aromatic carbocycles. The van der Waals surface area contributed by atoms with E-state index in [2.05, 4.69) is 5.32 Å². The Morgan fingerprint density at radius 1 is 1.06 bits per heavy atom. The highest BCUT2D eigenvalue weighted by Gasteiger charge is 2.30. The second-order valence-electron chi connectivity index (χ2n) is 8.74. The van der Waals surface area contributed by atoms with E-state index in [1.807, 2.05) is 62.4 Å². The van der Waals surface area contributed by atoms with Gasteiger partial charge in [0.15, 0.2) is 6.61 Å². The molecule has 6 nitrogen and oxygen atoms in total. The van der Waals surface area contributed by atoms with Gasteiger partial charge < -0.3 is 19.7 Å². The molecular weight excluding hydrogens is 416 g/mol. The summed E-state index contributed by atoms with van der Waals surface area (Å²) in [6.07, 6.45) is 6.03. The van der Waals surface area contributed by atoms with Crippen LogP contribution >= 0.6 is 0 Å². The van der Waals surface area contributed by atoms with Crippen molar-refractivity contribution in [3.05, 3.63) is 59.7 Å². The number of hydrogen-bond donors (Lipinski definition) is 1. The van der Waals surface area contributed by atoms with Crippen molar-refractivity contribution in [3.63, 3.8) is 0 Å². The number of methoxy groups -OCH3 is 1. The Kier molecular flexibility index (Phi) is 9.16. The lowest BCUT2D eigenvalue weighted by molar-refractivity contribution is -0.143. The zero-order valence-corrected chi connectivity index (χ0v) is 20.0. The fourth-order valence-electron chi connectivity index (χ4n) is 4.29. The summed E-state index contributed by atoms with van der Waals surface area (Å²) in [6.45, 7) is 4.13. The van der Waals surface area contributed by atoms with Gasteiger partial charge in [0.1, 0.15) is 17.5 Å². The van der Waals surface area contributed by atoms with E-state index >= 15 is 0 Å². The fraction of sp³-hybridized carbons (Fsp3) is 0.481. The summed E-state index contributed by atoms with van der Waals surface area (Å²) in [5, 5.41) is 3.20. The standard InChI is InChI=1S/C27H36N2O4/c1-4-25(27(31)28-22-10-6-5-7-11-22)29(18-21-9-8-12-24(17-21)32-3)26(30)19-33-23-15-13-20(2)14-16-23/h8-9,12-17,22,25H,4-7,10-11,18-19H2,1-3H3,(H,28,31). The van der Waals surface area contributed by atoms with Gasteiger partial charge in [-0.1, -0.05) is 56.0 Å². The summed E-state index contributed by atoms with van der Waals surface area (Å²) in [6, 6.07) is 14.8. The number of carbonyl (C=O) groups excluding carboxylic acids is 2. The molecule has 1 N–H and O–H groups in total. The molecule has 1 aliphatic rings. The minimum Gasteiger partial charge on any atom is -0.497 e. The van der Waals surface area contributed by atoms with Gasteiger partial charge in [0.2, 0.25) is 5.91 Å². The highest BCUT2D eigenvalue weighted by atomic mass is 16.5. The number of aryl methyl sites for hydroxylation is 1. The first-order valence-electron chi connectivity index (χ1n) is 11.9. The highest BCUT2D eigenvalue weighted by molar-refractivity contribution is 5.88. The summed E-state index contributed by atoms with van der Waals surface area (Å²) in [4.78, 5) is 28.2. The van der Waals surface area contributed by atoms with Gasteiger partial charge in [-0.2, -0.15) is 0 Å². The molecule has 0 saturated heterocycles. The first-order chi connectivity index (χ1) is 16.0. The van der Waals surface area contributed by atoms with Crippen molar-refractivity contribution in [2.45, 2.75) is 71.0 Å². The van der Waals surface area contributed by atoms with Crippen LogP contribution in [-0.2, 0) is 16.1 Å². The van der Waals surface area contributed by atoms with Crippen LogP contribution in [0.3, 0.4) is 0 Å². The maximum atomic E-state index is 13.3. The van der Waals surface area contributed by atoms with Gasteiger partial charge in [0.25, 0.3) is 5.91 Å². The third-order valence-corrected chi connectivity index (χ3v) is 6.21. The average molecular weight is 453 g/mol. The highest BCUT2D eigenvalue weighted by Crippen LogP contribution is 2.20. The number of nitrogens with zero attached hydrogens (tertiary/aromatic N) is 1. The van der Waals surface area contributed by atoms with Crippen LogP contribution in [0.25, 0.3) is 0 Å². The Hall–Kier alpha value is -3.02. The molecular formula is C27H36N2O4. The van der Waals surface area contributed by atoms with Gasteiger partial charge in [0.05, 0.1) is 7.11 Å². The first-order valence-corrected chi connectivity index (χ1v) is 11.9. The molecule has 6 heteroatoms. The van der Waals surface area contributed by atoms with E-state index < -0.39 is 6.04 Å². The van der Waals surface area contributed by atoms with Crippen LogP contribution in [0.15, 0.2) is 48.5 Å². The van der Waals surface area contributed by atoms with E-state index in [1.165, 1.54) is 6.42 Å². The van der Waals surface area contributed by atoms with Crippen molar-refractivity contribution in [1.82, 2.24) is 10.2 Å². The van der Waals surface area contributed by atoms with Crippen molar-refractivity contribution in [2.75, 3.05) is 13.7 Å². The van der Waals surface area contributed by atoms with Gasteiger partial charge in [-0.15, -0.1) is 0 Å². The number of benzene rings is 2. The topological polar surface area (TPSA) is 67.9 Å². The molecule has 1 aliphatic carbocycles. The third kappa shape index (κ3) is 7.24. The maximum absolute atomic E-state index is 13.3. The minimum atomic E-state index is -0.563. The predicted molar refractivity (Wildman–Crippen MR) is 129 cm³/mol. The Labute approximate surface area is 197 Å². The fourth-order valence-corrected chi connectivity index (χ4v) is 4.29. The van der Waals surface area contributed by atoms with Gasteiger partial charge >= 0.3 is 0 Å². The molecule has 2 aromatic rings. The summed E-state index contributed by atoms with van der Waals surface area (Å²) >= 11 is 0. The Morgan fingerprint density at radius 2 is 1.79 bits per heavy atom. The third-order valence-electron chi connectivity index (χ3n) is 6.21. The Morgan fingerprint density at radius 3 is 2.45 bits per heavy atom. The molecule has 1 fully saturated rings.